The van der Waals surface area contributed by atoms with E-state index in [0.29, 0.717) is 29.1 Å². The monoisotopic (exact) mass is 278 g/mol. The summed E-state index contributed by atoms with van der Waals surface area (Å²) in [6.07, 6.45) is 5.25. The van der Waals surface area contributed by atoms with E-state index in [4.69, 9.17) is 10.3 Å². The molecule has 5 nitrogen and oxygen atoms in total. The number of nitrogens with zero attached hydrogens (tertiary/aromatic N) is 1. The lowest BCUT2D eigenvalue weighted by Gasteiger charge is -2.19. The molecule has 0 heterocycles. The van der Waals surface area contributed by atoms with Crippen LogP contribution < -0.4 is 5.73 Å². The zero-order valence-electron chi connectivity index (χ0n) is 9.58. The summed E-state index contributed by atoms with van der Waals surface area (Å²) in [4.78, 5) is 4.23. The highest BCUT2D eigenvalue weighted by molar-refractivity contribution is 8.70. The highest BCUT2D eigenvalue weighted by Crippen LogP contribution is 2.48. The Morgan fingerprint density at radius 3 is 2.71 bits per heavy atom. The van der Waals surface area contributed by atoms with Gasteiger partial charge >= 0.3 is 9.15 Å². The van der Waals surface area contributed by atoms with Crippen LogP contribution in [0.5, 0.6) is 0 Å². The molecule has 0 aromatic carbocycles. The van der Waals surface area contributed by atoms with Gasteiger partial charge < -0.3 is 5.73 Å². The fourth-order valence-corrected chi connectivity index (χ4v) is 4.19. The molecule has 3 atom stereocenters. The lowest BCUT2D eigenvalue weighted by Crippen LogP contribution is -2.20. The SMILES string of the molecule is NC(CSS(=O)(=O)O)=NCC1CC2CCC1C2. The zero-order valence-corrected chi connectivity index (χ0v) is 11.2. The van der Waals surface area contributed by atoms with Crippen LogP contribution in [-0.4, -0.2) is 31.1 Å². The molecule has 2 aliphatic rings. The van der Waals surface area contributed by atoms with Crippen molar-refractivity contribution in [1.29, 1.82) is 0 Å². The molecule has 0 aromatic rings. The van der Waals surface area contributed by atoms with E-state index in [1.807, 2.05) is 0 Å². The fraction of sp³-hybridized carbons (Fsp3) is 0.900. The Bertz CT molecular complexity index is 408. The van der Waals surface area contributed by atoms with Crippen molar-refractivity contribution in [1.82, 2.24) is 0 Å². The van der Waals surface area contributed by atoms with Crippen LogP contribution >= 0.6 is 10.8 Å². The topological polar surface area (TPSA) is 92.8 Å². The molecule has 2 rings (SSSR count). The molecule has 0 saturated heterocycles. The van der Waals surface area contributed by atoms with E-state index < -0.39 is 9.15 Å². The van der Waals surface area contributed by atoms with Gasteiger partial charge in [-0.3, -0.25) is 9.55 Å². The molecule has 0 amide bonds. The number of fused-ring (bicyclic) bond motifs is 2. The molecule has 3 unspecified atom stereocenters. The number of aliphatic imine (C=N–C) groups is 1. The van der Waals surface area contributed by atoms with Gasteiger partial charge in [0.1, 0.15) is 5.84 Å². The first-order chi connectivity index (χ1) is 7.94. The van der Waals surface area contributed by atoms with Crippen LogP contribution in [0.25, 0.3) is 0 Å². The van der Waals surface area contributed by atoms with Crippen LogP contribution in [0.2, 0.25) is 0 Å². The Hall–Kier alpha value is -0.270. The first-order valence-corrected chi connectivity index (χ1v) is 8.79. The van der Waals surface area contributed by atoms with Gasteiger partial charge in [0.05, 0.1) is 5.75 Å². The molecular weight excluding hydrogens is 260 g/mol. The molecule has 3 N–H and O–H groups in total. The lowest BCUT2D eigenvalue weighted by molar-refractivity contribution is 0.342. The summed E-state index contributed by atoms with van der Waals surface area (Å²) in [5, 5.41) is 0. The summed E-state index contributed by atoms with van der Waals surface area (Å²) in [6, 6.07) is 0. The van der Waals surface area contributed by atoms with Crippen molar-refractivity contribution in [3.8, 4) is 0 Å². The first kappa shape index (κ1) is 13.2. The predicted molar refractivity (Wildman–Crippen MR) is 69.4 cm³/mol. The maximum atomic E-state index is 10.5. The van der Waals surface area contributed by atoms with Gasteiger partial charge in [-0.25, -0.2) is 0 Å². The van der Waals surface area contributed by atoms with Crippen molar-refractivity contribution < 1.29 is 13.0 Å². The van der Waals surface area contributed by atoms with Crippen LogP contribution in [0.1, 0.15) is 25.7 Å². The largest absolute Gasteiger partial charge is 0.387 e. The van der Waals surface area contributed by atoms with E-state index in [1.54, 1.807) is 0 Å². The summed E-state index contributed by atoms with van der Waals surface area (Å²) in [5.41, 5.74) is 5.61. The van der Waals surface area contributed by atoms with Gasteiger partial charge in [0, 0.05) is 17.3 Å². The van der Waals surface area contributed by atoms with Gasteiger partial charge in [0.25, 0.3) is 0 Å². The van der Waals surface area contributed by atoms with Gasteiger partial charge in [0.2, 0.25) is 0 Å². The zero-order chi connectivity index (χ0) is 12.5. The van der Waals surface area contributed by atoms with Crippen molar-refractivity contribution >= 4 is 25.8 Å². The molecule has 98 valence electrons. The number of nitrogens with two attached hydrogens (primary N) is 1. The Balaban J connectivity index is 1.76. The van der Waals surface area contributed by atoms with E-state index in [1.165, 1.54) is 25.7 Å². The molecule has 2 aliphatic carbocycles. The van der Waals surface area contributed by atoms with Crippen LogP contribution in [-0.2, 0) is 9.15 Å². The van der Waals surface area contributed by atoms with Crippen LogP contribution in [0.4, 0.5) is 0 Å². The molecule has 17 heavy (non-hydrogen) atoms. The standard InChI is InChI=1S/C10H18N2O3S2/c11-10(6-16-17(13,14)15)12-5-9-4-7-1-2-8(9)3-7/h7-9H,1-6H2,(H2,11,12)(H,13,14,15). The van der Waals surface area contributed by atoms with Crippen LogP contribution in [0.15, 0.2) is 4.99 Å². The van der Waals surface area contributed by atoms with E-state index in [2.05, 4.69) is 4.99 Å². The average Bonchev–Trinajstić information content (AvgIpc) is 2.84. The van der Waals surface area contributed by atoms with Crippen LogP contribution in [0, 0.1) is 17.8 Å². The smallest absolute Gasteiger partial charge is 0.320 e. The lowest BCUT2D eigenvalue weighted by atomic mass is 9.89. The molecule has 0 spiro atoms. The minimum Gasteiger partial charge on any atom is -0.387 e. The predicted octanol–water partition coefficient (Wildman–Crippen LogP) is 1.32. The molecule has 0 aliphatic heterocycles. The van der Waals surface area contributed by atoms with Crippen molar-refractivity contribution in [2.75, 3.05) is 12.3 Å². The number of hydrogen-bond donors (Lipinski definition) is 2. The fourth-order valence-electron chi connectivity index (χ4n) is 3.02. The third kappa shape index (κ3) is 3.86. The Morgan fingerprint density at radius 2 is 2.18 bits per heavy atom. The Kier molecular flexibility index (Phi) is 3.99. The second-order valence-corrected chi connectivity index (χ2v) is 8.31. The first-order valence-electron chi connectivity index (χ1n) is 5.84. The normalized spacial score (nSPS) is 33.2. The van der Waals surface area contributed by atoms with Gasteiger partial charge in [0.15, 0.2) is 0 Å². The maximum absolute atomic E-state index is 10.5. The Labute approximate surface area is 105 Å². The van der Waals surface area contributed by atoms with E-state index in [0.717, 1.165) is 11.8 Å². The summed E-state index contributed by atoms with van der Waals surface area (Å²) < 4.78 is 29.6. The summed E-state index contributed by atoms with van der Waals surface area (Å²) in [6.45, 7) is 0.707. The quantitative estimate of drug-likeness (QED) is 0.342. The van der Waals surface area contributed by atoms with Gasteiger partial charge in [-0.15, -0.1) is 0 Å². The highest BCUT2D eigenvalue weighted by atomic mass is 33.1. The second-order valence-electron chi connectivity index (χ2n) is 4.96. The maximum Gasteiger partial charge on any atom is 0.320 e. The minimum atomic E-state index is -4.01. The molecule has 2 saturated carbocycles. The van der Waals surface area contributed by atoms with Crippen molar-refractivity contribution in [3.05, 3.63) is 0 Å². The molecule has 0 aromatic heterocycles. The van der Waals surface area contributed by atoms with E-state index in [9.17, 15) is 8.42 Å². The summed E-state index contributed by atoms with van der Waals surface area (Å²) in [7, 11) is -3.60. The average molecular weight is 278 g/mol. The molecule has 2 fully saturated rings. The van der Waals surface area contributed by atoms with Crippen molar-refractivity contribution in [2.45, 2.75) is 25.7 Å². The molecule has 0 radical (unpaired) electrons. The molecule has 2 bridgehead atoms. The van der Waals surface area contributed by atoms with E-state index in [-0.39, 0.29) is 5.75 Å². The van der Waals surface area contributed by atoms with E-state index >= 15 is 0 Å². The van der Waals surface area contributed by atoms with Gasteiger partial charge in [-0.05, 0) is 37.0 Å². The van der Waals surface area contributed by atoms with Crippen molar-refractivity contribution in [3.63, 3.8) is 0 Å². The highest BCUT2D eigenvalue weighted by Gasteiger charge is 2.39. The minimum absolute atomic E-state index is 0.0413. The number of amidine groups is 1. The third-order valence-corrected chi connectivity index (χ3v) is 5.73. The molecular formula is C10H18N2O3S2. The van der Waals surface area contributed by atoms with Crippen LogP contribution in [0.3, 0.4) is 0 Å². The van der Waals surface area contributed by atoms with Gasteiger partial charge in [-0.1, -0.05) is 6.42 Å². The van der Waals surface area contributed by atoms with Crippen molar-refractivity contribution in [2.24, 2.45) is 28.5 Å². The number of hydrogen-bond acceptors (Lipinski definition) is 4. The third-order valence-electron chi connectivity index (χ3n) is 3.77. The second kappa shape index (κ2) is 5.16. The van der Waals surface area contributed by atoms with Gasteiger partial charge in [-0.2, -0.15) is 8.42 Å². The Morgan fingerprint density at radius 1 is 1.41 bits per heavy atom. The summed E-state index contributed by atoms with van der Waals surface area (Å²) >= 11 is 0. The summed E-state index contributed by atoms with van der Waals surface area (Å²) in [5.74, 6) is 2.65. The molecule has 7 heteroatoms. The number of rotatable bonds is 5.